The molecule has 16 heavy (non-hydrogen) atoms. The Morgan fingerprint density at radius 2 is 1.94 bits per heavy atom. The van der Waals surface area contributed by atoms with Crippen LogP contribution in [0.25, 0.3) is 0 Å². The summed E-state index contributed by atoms with van der Waals surface area (Å²) < 4.78 is 9.40. The summed E-state index contributed by atoms with van der Waals surface area (Å²) in [4.78, 5) is 10.9. The van der Waals surface area contributed by atoms with Gasteiger partial charge in [-0.1, -0.05) is 38.0 Å². The van der Waals surface area contributed by atoms with Crippen molar-refractivity contribution in [1.29, 1.82) is 0 Å². The molecule has 0 N–H and O–H groups in total. The molecule has 3 nitrogen and oxygen atoms in total. The Bertz CT molecular complexity index is 258. The van der Waals surface area contributed by atoms with Gasteiger partial charge in [-0.25, -0.2) is 4.79 Å². The van der Waals surface area contributed by atoms with Gasteiger partial charge in [0.15, 0.2) is 5.60 Å². The lowest BCUT2D eigenvalue weighted by molar-refractivity contribution is 0.0221. The van der Waals surface area contributed by atoms with Crippen LogP contribution in [0.4, 0.5) is 4.79 Å². The van der Waals surface area contributed by atoms with Crippen molar-refractivity contribution in [3.8, 4) is 11.8 Å². The molecule has 0 aliphatic carbocycles. The van der Waals surface area contributed by atoms with Crippen molar-refractivity contribution in [3.63, 3.8) is 0 Å². The van der Waals surface area contributed by atoms with Gasteiger partial charge in [-0.15, -0.1) is 0 Å². The first-order valence-electron chi connectivity index (χ1n) is 5.79. The number of hydrogen-bond donors (Lipinski definition) is 0. The summed E-state index contributed by atoms with van der Waals surface area (Å²) in [7, 11) is 1.29. The van der Waals surface area contributed by atoms with Crippen molar-refractivity contribution in [2.45, 2.75) is 58.5 Å². The van der Waals surface area contributed by atoms with Crippen LogP contribution in [0.2, 0.25) is 0 Å². The maximum Gasteiger partial charge on any atom is 0.509 e. The van der Waals surface area contributed by atoms with Gasteiger partial charge in [0.05, 0.1) is 7.11 Å². The predicted molar refractivity (Wildman–Crippen MR) is 64.1 cm³/mol. The van der Waals surface area contributed by atoms with E-state index < -0.39 is 11.8 Å². The summed E-state index contributed by atoms with van der Waals surface area (Å²) in [5, 5.41) is 0. The monoisotopic (exact) mass is 226 g/mol. The first-order chi connectivity index (χ1) is 7.52. The van der Waals surface area contributed by atoms with E-state index in [0.717, 1.165) is 12.8 Å². The molecule has 0 aliphatic heterocycles. The second kappa shape index (κ2) is 8.04. The average Bonchev–Trinajstić information content (AvgIpc) is 2.22. The number of rotatable bonds is 5. The molecule has 3 heteroatoms. The van der Waals surface area contributed by atoms with Crippen LogP contribution in [0, 0.1) is 11.8 Å². The Hall–Kier alpha value is -1.17. The number of ether oxygens (including phenoxy) is 2. The van der Waals surface area contributed by atoms with Gasteiger partial charge in [0, 0.05) is 6.42 Å². The van der Waals surface area contributed by atoms with Gasteiger partial charge in [-0.05, 0) is 20.3 Å². The topological polar surface area (TPSA) is 35.5 Å². The zero-order valence-corrected chi connectivity index (χ0v) is 10.8. The molecule has 0 aromatic heterocycles. The van der Waals surface area contributed by atoms with Gasteiger partial charge in [0.2, 0.25) is 0 Å². The summed E-state index contributed by atoms with van der Waals surface area (Å²) >= 11 is 0. The molecule has 0 saturated carbocycles. The van der Waals surface area contributed by atoms with Crippen LogP contribution in [0.3, 0.4) is 0 Å². The third kappa shape index (κ3) is 8.16. The second-order valence-electron chi connectivity index (χ2n) is 4.18. The van der Waals surface area contributed by atoms with E-state index in [1.165, 1.54) is 26.4 Å². The third-order valence-corrected chi connectivity index (χ3v) is 2.05. The van der Waals surface area contributed by atoms with Gasteiger partial charge in [-0.3, -0.25) is 0 Å². The molecule has 0 bridgehead atoms. The van der Waals surface area contributed by atoms with Gasteiger partial charge in [0.25, 0.3) is 0 Å². The van der Waals surface area contributed by atoms with Crippen LogP contribution in [0.15, 0.2) is 0 Å². The Morgan fingerprint density at radius 3 is 2.50 bits per heavy atom. The van der Waals surface area contributed by atoms with Gasteiger partial charge >= 0.3 is 6.16 Å². The molecule has 0 aromatic rings. The summed E-state index contributed by atoms with van der Waals surface area (Å²) in [6.45, 7) is 5.69. The van der Waals surface area contributed by atoms with Crippen molar-refractivity contribution < 1.29 is 14.3 Å². The van der Waals surface area contributed by atoms with Crippen LogP contribution >= 0.6 is 0 Å². The van der Waals surface area contributed by atoms with Crippen LogP contribution in [-0.4, -0.2) is 18.9 Å². The number of methoxy groups -OCH3 is 1. The minimum Gasteiger partial charge on any atom is -0.438 e. The summed E-state index contributed by atoms with van der Waals surface area (Å²) in [6.07, 6.45) is 4.96. The van der Waals surface area contributed by atoms with E-state index in [4.69, 9.17) is 4.74 Å². The predicted octanol–water partition coefficient (Wildman–Crippen LogP) is 3.52. The number of hydrogen-bond acceptors (Lipinski definition) is 3. The lowest BCUT2D eigenvalue weighted by Crippen LogP contribution is -2.26. The summed E-state index contributed by atoms with van der Waals surface area (Å²) in [6, 6.07) is 0. The Labute approximate surface area is 98.5 Å². The zero-order chi connectivity index (χ0) is 12.4. The first kappa shape index (κ1) is 14.8. The van der Waals surface area contributed by atoms with Crippen molar-refractivity contribution >= 4 is 6.16 Å². The first-order valence-corrected chi connectivity index (χ1v) is 5.79. The standard InChI is InChI=1S/C13H22O3/c1-5-6-7-8-9-10-11-13(2,3)16-12(14)15-4/h5-9H2,1-4H3. The number of carbonyl (C=O) groups is 1. The van der Waals surface area contributed by atoms with E-state index in [2.05, 4.69) is 23.5 Å². The SMILES string of the molecule is CCCCCCC#CC(C)(C)OC(=O)OC. The van der Waals surface area contributed by atoms with Crippen LogP contribution in [0.5, 0.6) is 0 Å². The molecule has 0 unspecified atom stereocenters. The molecule has 0 rings (SSSR count). The molecular weight excluding hydrogens is 204 g/mol. The minimum absolute atomic E-state index is 0.690. The Kier molecular flexibility index (Phi) is 7.45. The molecule has 0 radical (unpaired) electrons. The molecule has 0 heterocycles. The second-order valence-corrected chi connectivity index (χ2v) is 4.18. The highest BCUT2D eigenvalue weighted by Crippen LogP contribution is 2.09. The molecule has 0 saturated heterocycles. The fourth-order valence-corrected chi connectivity index (χ4v) is 1.19. The van der Waals surface area contributed by atoms with Gasteiger partial charge in [-0.2, -0.15) is 0 Å². The molecule has 0 amide bonds. The van der Waals surface area contributed by atoms with Crippen molar-refractivity contribution in [3.05, 3.63) is 0 Å². The molecule has 92 valence electrons. The molecule has 0 aliphatic rings. The number of carbonyl (C=O) groups excluding carboxylic acids is 1. The largest absolute Gasteiger partial charge is 0.509 e. The van der Waals surface area contributed by atoms with E-state index in [1.807, 2.05) is 0 Å². The highest BCUT2D eigenvalue weighted by atomic mass is 16.7. The molecule has 0 fully saturated rings. The maximum absolute atomic E-state index is 10.9. The zero-order valence-electron chi connectivity index (χ0n) is 10.8. The molecule has 0 aromatic carbocycles. The quantitative estimate of drug-likeness (QED) is 0.409. The highest BCUT2D eigenvalue weighted by Gasteiger charge is 2.19. The fraction of sp³-hybridized carbons (Fsp3) is 0.769. The maximum atomic E-state index is 10.9. The fourth-order valence-electron chi connectivity index (χ4n) is 1.19. The van der Waals surface area contributed by atoms with Gasteiger partial charge < -0.3 is 9.47 Å². The molecule has 0 spiro atoms. The molecule has 0 atom stereocenters. The van der Waals surface area contributed by atoms with Crippen LogP contribution < -0.4 is 0 Å². The van der Waals surface area contributed by atoms with Crippen LogP contribution in [-0.2, 0) is 9.47 Å². The third-order valence-electron chi connectivity index (χ3n) is 2.05. The van der Waals surface area contributed by atoms with Crippen molar-refractivity contribution in [1.82, 2.24) is 0 Å². The lowest BCUT2D eigenvalue weighted by Gasteiger charge is -2.17. The van der Waals surface area contributed by atoms with E-state index >= 15 is 0 Å². The average molecular weight is 226 g/mol. The molecular formula is C13H22O3. The summed E-state index contributed by atoms with van der Waals surface area (Å²) in [5.74, 6) is 5.96. The Balaban J connectivity index is 3.86. The number of unbranched alkanes of at least 4 members (excludes halogenated alkanes) is 4. The lowest BCUT2D eigenvalue weighted by atomic mass is 10.1. The van der Waals surface area contributed by atoms with Gasteiger partial charge in [0.1, 0.15) is 0 Å². The smallest absolute Gasteiger partial charge is 0.438 e. The van der Waals surface area contributed by atoms with Crippen LogP contribution in [0.1, 0.15) is 52.9 Å². The Morgan fingerprint density at radius 1 is 1.25 bits per heavy atom. The highest BCUT2D eigenvalue weighted by molar-refractivity contribution is 5.60. The van der Waals surface area contributed by atoms with E-state index in [9.17, 15) is 4.79 Å². The van der Waals surface area contributed by atoms with Crippen molar-refractivity contribution in [2.24, 2.45) is 0 Å². The van der Waals surface area contributed by atoms with E-state index in [-0.39, 0.29) is 0 Å². The van der Waals surface area contributed by atoms with E-state index in [0.29, 0.717) is 0 Å². The van der Waals surface area contributed by atoms with E-state index in [1.54, 1.807) is 13.8 Å². The van der Waals surface area contributed by atoms with Crippen molar-refractivity contribution in [2.75, 3.05) is 7.11 Å². The minimum atomic E-state index is -0.766. The summed E-state index contributed by atoms with van der Waals surface area (Å²) in [5.41, 5.74) is -0.766. The normalized spacial score (nSPS) is 10.2.